The number of rotatable bonds is 7. The van der Waals surface area contributed by atoms with Gasteiger partial charge in [-0.25, -0.2) is 0 Å². The first kappa shape index (κ1) is 18.7. The van der Waals surface area contributed by atoms with Crippen LogP contribution in [0, 0.1) is 6.92 Å². The van der Waals surface area contributed by atoms with Gasteiger partial charge in [-0.3, -0.25) is 0 Å². The van der Waals surface area contributed by atoms with Gasteiger partial charge in [-0.1, -0.05) is 118 Å². The first-order valence-electron chi connectivity index (χ1n) is 10.6. The third kappa shape index (κ3) is 3.44. The van der Waals surface area contributed by atoms with Crippen molar-refractivity contribution in [2.24, 2.45) is 0 Å². The lowest BCUT2D eigenvalue weighted by molar-refractivity contribution is 0.523. The zero-order valence-corrected chi connectivity index (χ0v) is 16.8. The molecule has 0 aliphatic carbocycles. The summed E-state index contributed by atoms with van der Waals surface area (Å²) < 4.78 is 0. The van der Waals surface area contributed by atoms with Crippen LogP contribution in [0.4, 0.5) is 0 Å². The zero-order valence-electron chi connectivity index (χ0n) is 16.8. The van der Waals surface area contributed by atoms with Crippen LogP contribution in [0.3, 0.4) is 0 Å². The van der Waals surface area contributed by atoms with E-state index in [2.05, 4.69) is 91.9 Å². The minimum atomic E-state index is -0.254. The summed E-state index contributed by atoms with van der Waals surface area (Å²) in [6.07, 6.45) is 6.08. The van der Waals surface area contributed by atoms with Gasteiger partial charge in [0.15, 0.2) is 0 Å². The molecule has 0 saturated carbocycles. The van der Waals surface area contributed by atoms with Crippen molar-refractivity contribution in [1.29, 1.82) is 0 Å². The maximum absolute atomic E-state index is 4.91. The molecule has 0 N–H and O–H groups in total. The lowest BCUT2D eigenvalue weighted by atomic mass is 9.70. The summed E-state index contributed by atoms with van der Waals surface area (Å²) >= 11 is 0. The molecule has 0 heterocycles. The van der Waals surface area contributed by atoms with Crippen LogP contribution >= 0.6 is 0 Å². The molecule has 4 rings (SSSR count). The standard InChI is InChI=1S/C28H29/c1-3-4-5-10-21-28(2,26-19-11-15-22-13-6-8-17-24(22)26)27-20-12-16-23-14-7-9-18-25(23)27/h6-9,11-20H,2-5,10,21H2,1H3. The van der Waals surface area contributed by atoms with E-state index in [9.17, 15) is 0 Å². The van der Waals surface area contributed by atoms with Gasteiger partial charge in [0.2, 0.25) is 0 Å². The molecule has 0 aliphatic rings. The van der Waals surface area contributed by atoms with Gasteiger partial charge in [0.1, 0.15) is 0 Å². The number of hydrogen-bond donors (Lipinski definition) is 0. The third-order valence-corrected chi connectivity index (χ3v) is 6.07. The van der Waals surface area contributed by atoms with E-state index in [0.717, 1.165) is 6.42 Å². The van der Waals surface area contributed by atoms with Crippen LogP contribution < -0.4 is 0 Å². The monoisotopic (exact) mass is 365 g/mol. The van der Waals surface area contributed by atoms with Gasteiger partial charge in [-0.2, -0.15) is 0 Å². The van der Waals surface area contributed by atoms with Crippen LogP contribution in [0.2, 0.25) is 0 Å². The Hall–Kier alpha value is -2.60. The fraction of sp³-hybridized carbons (Fsp3) is 0.250. The van der Waals surface area contributed by atoms with Gasteiger partial charge in [-0.05, 0) is 46.0 Å². The van der Waals surface area contributed by atoms with Crippen LogP contribution in [-0.4, -0.2) is 0 Å². The van der Waals surface area contributed by atoms with E-state index in [0.29, 0.717) is 0 Å². The van der Waals surface area contributed by atoms with E-state index >= 15 is 0 Å². The second kappa shape index (κ2) is 8.19. The molecule has 0 amide bonds. The van der Waals surface area contributed by atoms with Crippen LogP contribution in [0.15, 0.2) is 84.9 Å². The minimum Gasteiger partial charge on any atom is -0.0654 e. The van der Waals surface area contributed by atoms with Gasteiger partial charge in [0.05, 0.1) is 0 Å². The predicted molar refractivity (Wildman–Crippen MR) is 123 cm³/mol. The van der Waals surface area contributed by atoms with Gasteiger partial charge in [-0.15, -0.1) is 0 Å². The molecule has 0 unspecified atom stereocenters. The Bertz CT molecular complexity index is 984. The maximum atomic E-state index is 4.91. The van der Waals surface area contributed by atoms with E-state index < -0.39 is 0 Å². The summed E-state index contributed by atoms with van der Waals surface area (Å²) in [5, 5.41) is 5.23. The molecule has 28 heavy (non-hydrogen) atoms. The molecule has 0 atom stereocenters. The van der Waals surface area contributed by atoms with E-state index in [1.165, 1.54) is 58.4 Å². The molecule has 1 radical (unpaired) electrons. The van der Waals surface area contributed by atoms with Crippen LogP contribution in [-0.2, 0) is 5.41 Å². The molecule has 0 nitrogen and oxygen atoms in total. The van der Waals surface area contributed by atoms with Crippen LogP contribution in [0.5, 0.6) is 0 Å². The Morgan fingerprint density at radius 1 is 0.607 bits per heavy atom. The van der Waals surface area contributed by atoms with Gasteiger partial charge < -0.3 is 0 Å². The van der Waals surface area contributed by atoms with Gasteiger partial charge in [0.25, 0.3) is 0 Å². The number of benzene rings is 4. The molecule has 0 bridgehead atoms. The largest absolute Gasteiger partial charge is 0.0654 e. The van der Waals surface area contributed by atoms with E-state index in [1.54, 1.807) is 0 Å². The molecular formula is C28H29. The number of fused-ring (bicyclic) bond motifs is 2. The molecule has 0 heteroatoms. The third-order valence-electron chi connectivity index (χ3n) is 6.07. The van der Waals surface area contributed by atoms with Crippen molar-refractivity contribution in [2.45, 2.75) is 44.4 Å². The normalized spacial score (nSPS) is 11.9. The van der Waals surface area contributed by atoms with Crippen molar-refractivity contribution in [3.05, 3.63) is 103 Å². The van der Waals surface area contributed by atoms with Crippen molar-refractivity contribution in [3.8, 4) is 0 Å². The summed E-state index contributed by atoms with van der Waals surface area (Å²) in [7, 11) is 0. The van der Waals surface area contributed by atoms with Crippen LogP contribution in [0.25, 0.3) is 21.5 Å². The van der Waals surface area contributed by atoms with Crippen molar-refractivity contribution in [3.63, 3.8) is 0 Å². The van der Waals surface area contributed by atoms with E-state index in [4.69, 9.17) is 6.92 Å². The summed E-state index contributed by atoms with van der Waals surface area (Å²) in [4.78, 5) is 0. The highest BCUT2D eigenvalue weighted by Crippen LogP contribution is 2.42. The SMILES string of the molecule is [CH2]C(CCCCCC)(c1cccc2ccccc12)c1cccc2ccccc12. The molecule has 0 spiro atoms. The van der Waals surface area contributed by atoms with Gasteiger partial charge in [0, 0.05) is 5.41 Å². The summed E-state index contributed by atoms with van der Waals surface area (Å²) in [6, 6.07) is 30.8. The minimum absolute atomic E-state index is 0.254. The summed E-state index contributed by atoms with van der Waals surface area (Å²) in [5.41, 5.74) is 2.44. The van der Waals surface area contributed by atoms with Crippen molar-refractivity contribution >= 4 is 21.5 Å². The highest BCUT2D eigenvalue weighted by atomic mass is 14.3. The quantitative estimate of drug-likeness (QED) is 0.290. The molecule has 0 aromatic heterocycles. The first-order valence-corrected chi connectivity index (χ1v) is 10.6. The Labute approximate surface area is 169 Å². The van der Waals surface area contributed by atoms with Crippen molar-refractivity contribution in [1.82, 2.24) is 0 Å². The Morgan fingerprint density at radius 3 is 1.64 bits per heavy atom. The Morgan fingerprint density at radius 2 is 1.11 bits per heavy atom. The van der Waals surface area contributed by atoms with Crippen molar-refractivity contribution in [2.75, 3.05) is 0 Å². The van der Waals surface area contributed by atoms with Gasteiger partial charge >= 0.3 is 0 Å². The summed E-state index contributed by atoms with van der Waals surface area (Å²) in [5.74, 6) is 0. The van der Waals surface area contributed by atoms with E-state index in [-0.39, 0.29) is 5.41 Å². The fourth-order valence-corrected chi connectivity index (χ4v) is 4.55. The Kier molecular flexibility index (Phi) is 5.48. The molecular weight excluding hydrogens is 336 g/mol. The molecule has 4 aromatic rings. The Balaban J connectivity index is 1.91. The smallest absolute Gasteiger partial charge is 0.0215 e. The molecule has 0 aliphatic heterocycles. The lowest BCUT2D eigenvalue weighted by Gasteiger charge is -2.33. The highest BCUT2D eigenvalue weighted by Gasteiger charge is 2.31. The van der Waals surface area contributed by atoms with E-state index in [1.807, 2.05) is 0 Å². The average Bonchev–Trinajstić information content (AvgIpc) is 2.76. The molecule has 0 saturated heterocycles. The number of hydrogen-bond acceptors (Lipinski definition) is 0. The zero-order chi connectivity index (χ0) is 19.4. The second-order valence-corrected chi connectivity index (χ2v) is 7.95. The average molecular weight is 366 g/mol. The lowest BCUT2D eigenvalue weighted by Crippen LogP contribution is -2.25. The van der Waals surface area contributed by atoms with Crippen LogP contribution in [0.1, 0.15) is 50.2 Å². The molecule has 4 aromatic carbocycles. The molecule has 141 valence electrons. The first-order chi connectivity index (χ1) is 13.7. The summed E-state index contributed by atoms with van der Waals surface area (Å²) in [6.45, 7) is 7.18. The topological polar surface area (TPSA) is 0 Å². The predicted octanol–water partition coefficient (Wildman–Crippen LogP) is 8.08. The van der Waals surface area contributed by atoms with Crippen molar-refractivity contribution < 1.29 is 0 Å². The fourth-order valence-electron chi connectivity index (χ4n) is 4.55. The number of unbranched alkanes of at least 4 members (excludes halogenated alkanes) is 3. The highest BCUT2D eigenvalue weighted by molar-refractivity contribution is 5.91. The second-order valence-electron chi connectivity index (χ2n) is 7.95. The molecule has 0 fully saturated rings. The maximum Gasteiger partial charge on any atom is 0.0215 e.